The standard InChI is InChI=1S/C11H12N2O2/c1-4-9-5-10(14)13(6-9)11-7(2)12-15-8(11)3/h1,9H,5-6H2,2-3H3. The van der Waals surface area contributed by atoms with Gasteiger partial charge in [0.15, 0.2) is 5.76 Å². The van der Waals surface area contributed by atoms with Crippen molar-refractivity contribution in [3.63, 3.8) is 0 Å². The van der Waals surface area contributed by atoms with Crippen LogP contribution in [0.15, 0.2) is 4.52 Å². The molecule has 0 saturated carbocycles. The van der Waals surface area contributed by atoms with Crippen molar-refractivity contribution in [3.05, 3.63) is 11.5 Å². The van der Waals surface area contributed by atoms with Gasteiger partial charge in [-0.2, -0.15) is 0 Å². The highest BCUT2D eigenvalue weighted by atomic mass is 16.5. The molecule has 1 unspecified atom stereocenters. The van der Waals surface area contributed by atoms with E-state index in [1.165, 1.54) is 0 Å². The molecule has 15 heavy (non-hydrogen) atoms. The van der Waals surface area contributed by atoms with Gasteiger partial charge in [0.1, 0.15) is 11.4 Å². The van der Waals surface area contributed by atoms with Gasteiger partial charge in [-0.25, -0.2) is 0 Å². The molecule has 0 aliphatic carbocycles. The van der Waals surface area contributed by atoms with E-state index < -0.39 is 0 Å². The van der Waals surface area contributed by atoms with Gasteiger partial charge in [0.25, 0.3) is 0 Å². The summed E-state index contributed by atoms with van der Waals surface area (Å²) < 4.78 is 5.03. The number of aryl methyl sites for hydroxylation is 2. The molecule has 0 bridgehead atoms. The summed E-state index contributed by atoms with van der Waals surface area (Å²) in [6, 6.07) is 0. The molecule has 1 atom stereocenters. The van der Waals surface area contributed by atoms with E-state index in [0.29, 0.717) is 18.7 Å². The summed E-state index contributed by atoms with van der Waals surface area (Å²) in [5, 5.41) is 3.83. The first kappa shape index (κ1) is 9.78. The number of hydrogen-bond donors (Lipinski definition) is 0. The normalized spacial score (nSPS) is 20.7. The van der Waals surface area contributed by atoms with E-state index in [1.54, 1.807) is 11.8 Å². The SMILES string of the molecule is C#CC1CC(=O)N(c2c(C)noc2C)C1. The Balaban J connectivity index is 2.34. The first-order chi connectivity index (χ1) is 7.13. The third kappa shape index (κ3) is 1.50. The fourth-order valence-corrected chi connectivity index (χ4v) is 1.90. The summed E-state index contributed by atoms with van der Waals surface area (Å²) in [6.07, 6.45) is 5.74. The molecular weight excluding hydrogens is 192 g/mol. The van der Waals surface area contributed by atoms with Crippen molar-refractivity contribution in [1.29, 1.82) is 0 Å². The van der Waals surface area contributed by atoms with Crippen LogP contribution in [0.3, 0.4) is 0 Å². The van der Waals surface area contributed by atoms with Crippen LogP contribution < -0.4 is 4.90 Å². The maximum absolute atomic E-state index is 11.7. The van der Waals surface area contributed by atoms with Crippen molar-refractivity contribution in [1.82, 2.24) is 5.16 Å². The minimum atomic E-state index is 0.00574. The zero-order valence-electron chi connectivity index (χ0n) is 8.78. The number of carbonyl (C=O) groups excluding carboxylic acids is 1. The van der Waals surface area contributed by atoms with Crippen molar-refractivity contribution in [2.75, 3.05) is 11.4 Å². The Morgan fingerprint density at radius 2 is 2.33 bits per heavy atom. The monoisotopic (exact) mass is 204 g/mol. The molecule has 0 spiro atoms. The van der Waals surface area contributed by atoms with Crippen molar-refractivity contribution in [2.24, 2.45) is 5.92 Å². The Hall–Kier alpha value is -1.76. The molecule has 1 aromatic heterocycles. The van der Waals surface area contributed by atoms with Gasteiger partial charge in [0.2, 0.25) is 5.91 Å². The number of carbonyl (C=O) groups is 1. The summed E-state index contributed by atoms with van der Waals surface area (Å²) in [5.41, 5.74) is 1.51. The fraction of sp³-hybridized carbons (Fsp3) is 0.455. The van der Waals surface area contributed by atoms with Crippen LogP contribution in [-0.2, 0) is 4.79 Å². The zero-order chi connectivity index (χ0) is 11.0. The molecule has 0 radical (unpaired) electrons. The molecule has 1 aromatic rings. The van der Waals surface area contributed by atoms with Gasteiger partial charge in [-0.3, -0.25) is 4.79 Å². The average molecular weight is 204 g/mol. The van der Waals surface area contributed by atoms with Gasteiger partial charge >= 0.3 is 0 Å². The minimum Gasteiger partial charge on any atom is -0.359 e. The highest BCUT2D eigenvalue weighted by molar-refractivity contribution is 5.97. The van der Waals surface area contributed by atoms with Gasteiger partial charge in [0, 0.05) is 18.9 Å². The molecule has 78 valence electrons. The molecule has 1 aliphatic rings. The van der Waals surface area contributed by atoms with E-state index in [9.17, 15) is 4.79 Å². The third-order valence-corrected chi connectivity index (χ3v) is 2.63. The fourth-order valence-electron chi connectivity index (χ4n) is 1.90. The number of amides is 1. The highest BCUT2D eigenvalue weighted by Gasteiger charge is 2.32. The molecule has 1 aliphatic heterocycles. The molecule has 4 nitrogen and oxygen atoms in total. The van der Waals surface area contributed by atoms with E-state index in [2.05, 4.69) is 11.1 Å². The van der Waals surface area contributed by atoms with Crippen molar-refractivity contribution in [3.8, 4) is 12.3 Å². The number of aromatic nitrogens is 1. The van der Waals surface area contributed by atoms with Crippen LogP contribution in [0.5, 0.6) is 0 Å². The van der Waals surface area contributed by atoms with E-state index >= 15 is 0 Å². The van der Waals surface area contributed by atoms with Crippen LogP contribution in [0.1, 0.15) is 17.9 Å². The first-order valence-electron chi connectivity index (χ1n) is 4.83. The lowest BCUT2D eigenvalue weighted by atomic mass is 10.1. The van der Waals surface area contributed by atoms with Crippen LogP contribution in [0.25, 0.3) is 0 Å². The number of rotatable bonds is 1. The second-order valence-electron chi connectivity index (χ2n) is 3.74. The first-order valence-corrected chi connectivity index (χ1v) is 4.83. The van der Waals surface area contributed by atoms with Crippen molar-refractivity contribution < 1.29 is 9.32 Å². The molecule has 1 amide bonds. The van der Waals surface area contributed by atoms with Crippen LogP contribution in [0, 0.1) is 32.1 Å². The van der Waals surface area contributed by atoms with Gasteiger partial charge < -0.3 is 9.42 Å². The van der Waals surface area contributed by atoms with Gasteiger partial charge in [-0.15, -0.1) is 12.3 Å². The van der Waals surface area contributed by atoms with Crippen LogP contribution in [0.2, 0.25) is 0 Å². The zero-order valence-corrected chi connectivity index (χ0v) is 8.78. The summed E-state index contributed by atoms with van der Waals surface area (Å²) in [6.45, 7) is 4.19. The molecule has 2 heterocycles. The predicted molar refractivity (Wildman–Crippen MR) is 55.3 cm³/mol. The highest BCUT2D eigenvalue weighted by Crippen LogP contribution is 2.30. The maximum Gasteiger partial charge on any atom is 0.228 e. The third-order valence-electron chi connectivity index (χ3n) is 2.63. The number of hydrogen-bond acceptors (Lipinski definition) is 3. The van der Waals surface area contributed by atoms with Gasteiger partial charge in [0.05, 0.1) is 0 Å². The molecule has 0 N–H and O–H groups in total. The lowest BCUT2D eigenvalue weighted by Crippen LogP contribution is -2.25. The Bertz CT molecular complexity index is 422. The largest absolute Gasteiger partial charge is 0.359 e. The van der Waals surface area contributed by atoms with E-state index in [1.807, 2.05) is 6.92 Å². The second-order valence-corrected chi connectivity index (χ2v) is 3.74. The molecular formula is C11H12N2O2. The Morgan fingerprint density at radius 1 is 1.60 bits per heavy atom. The quantitative estimate of drug-likeness (QED) is 0.647. The predicted octanol–water partition coefficient (Wildman–Crippen LogP) is 1.28. The van der Waals surface area contributed by atoms with Crippen LogP contribution >= 0.6 is 0 Å². The maximum atomic E-state index is 11.7. The Morgan fingerprint density at radius 3 is 2.80 bits per heavy atom. The molecule has 4 heteroatoms. The average Bonchev–Trinajstić information content (AvgIpc) is 2.71. The van der Waals surface area contributed by atoms with E-state index in [0.717, 1.165) is 11.4 Å². The summed E-state index contributed by atoms with van der Waals surface area (Å²) in [4.78, 5) is 13.4. The minimum absolute atomic E-state index is 0.00574. The second kappa shape index (κ2) is 3.43. The van der Waals surface area contributed by atoms with Gasteiger partial charge in [-0.1, -0.05) is 5.16 Å². The summed E-state index contributed by atoms with van der Waals surface area (Å²) in [5.74, 6) is 3.33. The number of nitrogens with zero attached hydrogens (tertiary/aromatic N) is 2. The van der Waals surface area contributed by atoms with E-state index in [-0.39, 0.29) is 11.8 Å². The summed E-state index contributed by atoms with van der Waals surface area (Å²) >= 11 is 0. The van der Waals surface area contributed by atoms with Crippen molar-refractivity contribution >= 4 is 11.6 Å². The van der Waals surface area contributed by atoms with Gasteiger partial charge in [-0.05, 0) is 13.8 Å². The number of anilines is 1. The van der Waals surface area contributed by atoms with Crippen LogP contribution in [0.4, 0.5) is 5.69 Å². The molecule has 1 saturated heterocycles. The molecule has 1 fully saturated rings. The topological polar surface area (TPSA) is 46.3 Å². The number of terminal acetylenes is 1. The lowest BCUT2D eigenvalue weighted by molar-refractivity contribution is -0.117. The Kier molecular flexibility index (Phi) is 2.24. The summed E-state index contributed by atoms with van der Waals surface area (Å²) in [7, 11) is 0. The Labute approximate surface area is 88.2 Å². The smallest absolute Gasteiger partial charge is 0.228 e. The lowest BCUT2D eigenvalue weighted by Gasteiger charge is -2.14. The van der Waals surface area contributed by atoms with Crippen LogP contribution in [-0.4, -0.2) is 17.6 Å². The molecule has 2 rings (SSSR count). The molecule has 0 aromatic carbocycles. The van der Waals surface area contributed by atoms with E-state index in [4.69, 9.17) is 10.9 Å². The van der Waals surface area contributed by atoms with Crippen molar-refractivity contribution in [2.45, 2.75) is 20.3 Å².